The van der Waals surface area contributed by atoms with E-state index in [0.717, 1.165) is 45.4 Å². The number of rotatable bonds is 3. The summed E-state index contributed by atoms with van der Waals surface area (Å²) in [4.78, 5) is 33.4. The third-order valence-corrected chi connectivity index (χ3v) is 7.56. The maximum absolute atomic E-state index is 13.1. The Balaban J connectivity index is 1.40. The molecule has 1 spiro atoms. The Morgan fingerprint density at radius 1 is 1.21 bits per heavy atom. The van der Waals surface area contributed by atoms with E-state index in [2.05, 4.69) is 23.3 Å². The minimum Gasteiger partial charge on any atom is -0.378 e. The minimum atomic E-state index is -0.0334. The molecule has 1 aromatic heterocycles. The van der Waals surface area contributed by atoms with Gasteiger partial charge in [-0.15, -0.1) is 11.3 Å². The smallest absolute Gasteiger partial charge is 0.320 e. The highest BCUT2D eigenvalue weighted by Crippen LogP contribution is 2.44. The summed E-state index contributed by atoms with van der Waals surface area (Å²) < 4.78 is 5.38. The number of urea groups is 1. The van der Waals surface area contributed by atoms with E-state index >= 15 is 0 Å². The molecule has 3 saturated heterocycles. The lowest BCUT2D eigenvalue weighted by molar-refractivity contribution is -0.128. The maximum Gasteiger partial charge on any atom is 0.320 e. The first-order valence-corrected chi connectivity index (χ1v) is 11.6. The number of hydrogen-bond donors (Lipinski definition) is 1. The SMILES string of the molecule is CN1CC(C(=O)NCc2cccs2)C2(CCCN(C(=O)N3CCOCC3)CC2)C1. The molecule has 3 aliphatic heterocycles. The predicted molar refractivity (Wildman–Crippen MR) is 113 cm³/mol. The van der Waals surface area contributed by atoms with E-state index in [4.69, 9.17) is 4.74 Å². The third kappa shape index (κ3) is 4.59. The molecule has 0 saturated carbocycles. The zero-order chi connectivity index (χ0) is 20.3. The molecule has 7 nitrogen and oxygen atoms in total. The van der Waals surface area contributed by atoms with Crippen LogP contribution in [0.25, 0.3) is 0 Å². The van der Waals surface area contributed by atoms with Crippen LogP contribution in [0, 0.1) is 11.3 Å². The van der Waals surface area contributed by atoms with E-state index in [9.17, 15) is 9.59 Å². The van der Waals surface area contributed by atoms with Gasteiger partial charge in [-0.05, 0) is 43.2 Å². The Morgan fingerprint density at radius 3 is 2.76 bits per heavy atom. The Morgan fingerprint density at radius 2 is 2.00 bits per heavy atom. The summed E-state index contributed by atoms with van der Waals surface area (Å²) in [6.45, 7) is 6.46. The van der Waals surface area contributed by atoms with Crippen molar-refractivity contribution < 1.29 is 14.3 Å². The van der Waals surface area contributed by atoms with Crippen LogP contribution in [0.2, 0.25) is 0 Å². The molecule has 160 valence electrons. The van der Waals surface area contributed by atoms with Crippen LogP contribution < -0.4 is 5.32 Å². The van der Waals surface area contributed by atoms with Crippen molar-refractivity contribution in [3.63, 3.8) is 0 Å². The quantitative estimate of drug-likeness (QED) is 0.811. The molecule has 2 atom stereocenters. The average molecular weight is 421 g/mol. The molecule has 29 heavy (non-hydrogen) atoms. The molecular formula is C21H32N4O3S. The average Bonchev–Trinajstić information content (AvgIpc) is 3.31. The maximum atomic E-state index is 13.1. The number of nitrogens with one attached hydrogen (secondary N) is 1. The number of hydrogen-bond acceptors (Lipinski definition) is 5. The lowest BCUT2D eigenvalue weighted by Gasteiger charge is -2.34. The van der Waals surface area contributed by atoms with E-state index < -0.39 is 0 Å². The van der Waals surface area contributed by atoms with Crippen molar-refractivity contribution in [2.24, 2.45) is 11.3 Å². The molecule has 0 aromatic carbocycles. The molecule has 1 aromatic rings. The van der Waals surface area contributed by atoms with Crippen molar-refractivity contribution in [1.29, 1.82) is 0 Å². The molecule has 3 aliphatic rings. The number of ether oxygens (including phenoxy) is 1. The van der Waals surface area contributed by atoms with E-state index in [1.54, 1.807) is 11.3 Å². The molecular weight excluding hydrogens is 388 g/mol. The van der Waals surface area contributed by atoms with Crippen molar-refractivity contribution in [1.82, 2.24) is 20.0 Å². The van der Waals surface area contributed by atoms with Crippen LogP contribution in [-0.2, 0) is 16.1 Å². The minimum absolute atomic E-state index is 0.00843. The summed E-state index contributed by atoms with van der Waals surface area (Å²) in [6, 6.07) is 4.21. The van der Waals surface area contributed by atoms with Crippen LogP contribution in [0.3, 0.4) is 0 Å². The summed E-state index contributed by atoms with van der Waals surface area (Å²) in [7, 11) is 2.11. The molecule has 3 fully saturated rings. The summed E-state index contributed by atoms with van der Waals surface area (Å²) in [5, 5.41) is 5.21. The number of thiophene rings is 1. The molecule has 4 rings (SSSR count). The lowest BCUT2D eigenvalue weighted by atomic mass is 9.72. The topological polar surface area (TPSA) is 65.1 Å². The van der Waals surface area contributed by atoms with Gasteiger partial charge >= 0.3 is 6.03 Å². The highest BCUT2D eigenvalue weighted by atomic mass is 32.1. The van der Waals surface area contributed by atoms with Gasteiger partial charge in [-0.1, -0.05) is 6.07 Å². The van der Waals surface area contributed by atoms with Gasteiger partial charge in [0.05, 0.1) is 25.7 Å². The molecule has 3 amide bonds. The Bertz CT molecular complexity index is 707. The molecule has 0 bridgehead atoms. The summed E-state index contributed by atoms with van der Waals surface area (Å²) in [5.74, 6) is 0.154. The Hall–Kier alpha value is -1.64. The fraction of sp³-hybridized carbons (Fsp3) is 0.714. The lowest BCUT2D eigenvalue weighted by Crippen LogP contribution is -2.48. The van der Waals surface area contributed by atoms with Gasteiger partial charge in [-0.2, -0.15) is 0 Å². The fourth-order valence-electron chi connectivity index (χ4n) is 5.16. The fourth-order valence-corrected chi connectivity index (χ4v) is 5.80. The number of carbonyl (C=O) groups is 2. The van der Waals surface area contributed by atoms with Crippen LogP contribution in [-0.4, -0.2) is 86.2 Å². The zero-order valence-corrected chi connectivity index (χ0v) is 18.1. The third-order valence-electron chi connectivity index (χ3n) is 6.69. The second-order valence-electron chi connectivity index (χ2n) is 8.63. The summed E-state index contributed by atoms with van der Waals surface area (Å²) in [5.41, 5.74) is -0.0334. The highest BCUT2D eigenvalue weighted by molar-refractivity contribution is 7.09. The van der Waals surface area contributed by atoms with Gasteiger partial charge in [0.15, 0.2) is 0 Å². The first kappa shape index (κ1) is 20.6. The van der Waals surface area contributed by atoms with E-state index in [-0.39, 0.29) is 23.3 Å². The van der Waals surface area contributed by atoms with Gasteiger partial charge in [0.2, 0.25) is 5.91 Å². The van der Waals surface area contributed by atoms with Crippen LogP contribution in [0.5, 0.6) is 0 Å². The van der Waals surface area contributed by atoms with Gasteiger partial charge in [0, 0.05) is 44.1 Å². The van der Waals surface area contributed by atoms with Gasteiger partial charge in [-0.3, -0.25) is 4.79 Å². The summed E-state index contributed by atoms with van der Waals surface area (Å²) in [6.07, 6.45) is 2.85. The van der Waals surface area contributed by atoms with Gasteiger partial charge < -0.3 is 24.8 Å². The largest absolute Gasteiger partial charge is 0.378 e. The van der Waals surface area contributed by atoms with Gasteiger partial charge in [-0.25, -0.2) is 4.79 Å². The summed E-state index contributed by atoms with van der Waals surface area (Å²) >= 11 is 1.67. The van der Waals surface area contributed by atoms with Crippen LogP contribution in [0.4, 0.5) is 4.79 Å². The number of amides is 3. The van der Waals surface area contributed by atoms with Crippen molar-refractivity contribution in [3.05, 3.63) is 22.4 Å². The molecule has 0 radical (unpaired) electrons. The van der Waals surface area contributed by atoms with Crippen LogP contribution in [0.1, 0.15) is 24.1 Å². The van der Waals surface area contributed by atoms with Gasteiger partial charge in [0.1, 0.15) is 0 Å². The van der Waals surface area contributed by atoms with Crippen molar-refractivity contribution in [2.45, 2.75) is 25.8 Å². The van der Waals surface area contributed by atoms with Crippen molar-refractivity contribution in [2.75, 3.05) is 59.5 Å². The first-order valence-electron chi connectivity index (χ1n) is 10.7. The number of likely N-dealkylation sites (tertiary alicyclic amines) is 2. The van der Waals surface area contributed by atoms with E-state index in [1.807, 2.05) is 21.2 Å². The molecule has 2 unspecified atom stereocenters. The first-order chi connectivity index (χ1) is 14.1. The Kier molecular flexibility index (Phi) is 6.41. The normalized spacial score (nSPS) is 28.5. The monoisotopic (exact) mass is 420 g/mol. The number of nitrogens with zero attached hydrogens (tertiary/aromatic N) is 3. The standard InChI is InChI=1S/C21H32N4O3S/c1-23-15-18(19(26)22-14-17-4-2-13-29-17)21(16-23)5-3-7-24(8-6-21)20(27)25-9-11-28-12-10-25/h2,4,13,18H,3,5-12,14-16H2,1H3,(H,22,26). The second kappa shape index (κ2) is 9.02. The van der Waals surface area contributed by atoms with E-state index in [0.29, 0.717) is 32.8 Å². The van der Waals surface area contributed by atoms with Crippen LogP contribution in [0.15, 0.2) is 17.5 Å². The van der Waals surface area contributed by atoms with Crippen molar-refractivity contribution >= 4 is 23.3 Å². The van der Waals surface area contributed by atoms with Crippen LogP contribution >= 0.6 is 11.3 Å². The molecule has 1 N–H and O–H groups in total. The van der Waals surface area contributed by atoms with Crippen molar-refractivity contribution in [3.8, 4) is 0 Å². The zero-order valence-electron chi connectivity index (χ0n) is 17.3. The highest BCUT2D eigenvalue weighted by Gasteiger charge is 2.49. The molecule has 4 heterocycles. The predicted octanol–water partition coefficient (Wildman–Crippen LogP) is 1.85. The molecule has 8 heteroatoms. The Labute approximate surface area is 177 Å². The number of morpholine rings is 1. The number of carbonyl (C=O) groups excluding carboxylic acids is 2. The van der Waals surface area contributed by atoms with Gasteiger partial charge in [0.25, 0.3) is 0 Å². The van der Waals surface area contributed by atoms with E-state index in [1.165, 1.54) is 4.88 Å². The second-order valence-corrected chi connectivity index (χ2v) is 9.66. The molecule has 0 aliphatic carbocycles.